The summed E-state index contributed by atoms with van der Waals surface area (Å²) in [4.78, 5) is 28.0. The molecule has 0 aliphatic carbocycles. The predicted octanol–water partition coefficient (Wildman–Crippen LogP) is 7.65. The summed E-state index contributed by atoms with van der Waals surface area (Å²) in [6.45, 7) is 8.05. The minimum absolute atomic E-state index is 0.0121. The first-order valence-electron chi connectivity index (χ1n) is 13.3. The fourth-order valence-corrected chi connectivity index (χ4v) is 6.17. The second-order valence-corrected chi connectivity index (χ2v) is 10.7. The molecule has 39 heavy (non-hydrogen) atoms. The van der Waals surface area contributed by atoms with E-state index in [4.69, 9.17) is 4.74 Å². The number of fused-ring (bicyclic) bond motifs is 1. The highest BCUT2D eigenvalue weighted by Gasteiger charge is 2.47. The number of carbonyl (C=O) groups excluding carboxylic acids is 2. The van der Waals surface area contributed by atoms with Crippen LogP contribution in [0.2, 0.25) is 0 Å². The fraction of sp³-hybridized carbons (Fsp3) is 0.235. The first-order valence-corrected chi connectivity index (χ1v) is 13.3. The number of hydrogen-bond acceptors (Lipinski definition) is 3. The molecule has 4 aromatic carbocycles. The van der Waals surface area contributed by atoms with Crippen molar-refractivity contribution in [1.82, 2.24) is 0 Å². The van der Waals surface area contributed by atoms with Crippen molar-refractivity contribution < 1.29 is 14.3 Å². The molecule has 0 aromatic heterocycles. The normalized spacial score (nSPS) is 17.7. The number of hydrogen-bond donors (Lipinski definition) is 1. The van der Waals surface area contributed by atoms with Crippen LogP contribution in [0.25, 0.3) is 11.1 Å². The lowest BCUT2D eigenvalue weighted by atomic mass is 9.67. The molecule has 0 bridgehead atoms. The van der Waals surface area contributed by atoms with Crippen LogP contribution in [0.5, 0.6) is 5.75 Å². The van der Waals surface area contributed by atoms with Crippen molar-refractivity contribution in [2.24, 2.45) is 0 Å². The van der Waals surface area contributed by atoms with E-state index in [1.807, 2.05) is 89.8 Å². The lowest BCUT2D eigenvalue weighted by Crippen LogP contribution is -2.55. The van der Waals surface area contributed by atoms with E-state index in [0.29, 0.717) is 11.3 Å². The van der Waals surface area contributed by atoms with Crippen molar-refractivity contribution in [3.63, 3.8) is 0 Å². The number of methoxy groups -OCH3 is 1. The van der Waals surface area contributed by atoms with Crippen LogP contribution in [0.4, 0.5) is 11.4 Å². The molecular weight excluding hydrogens is 484 g/mol. The van der Waals surface area contributed by atoms with Gasteiger partial charge in [0.15, 0.2) is 0 Å². The summed E-state index contributed by atoms with van der Waals surface area (Å²) in [7, 11) is 1.66. The van der Waals surface area contributed by atoms with Crippen LogP contribution in [0.15, 0.2) is 97.1 Å². The van der Waals surface area contributed by atoms with Crippen molar-refractivity contribution in [2.75, 3.05) is 17.3 Å². The number of rotatable bonds is 5. The van der Waals surface area contributed by atoms with Crippen molar-refractivity contribution >= 4 is 23.2 Å². The largest absolute Gasteiger partial charge is 0.497 e. The summed E-state index contributed by atoms with van der Waals surface area (Å²) in [5, 5.41) is 3.06. The molecule has 5 nitrogen and oxygen atoms in total. The molecule has 198 valence electrons. The molecule has 1 heterocycles. The molecule has 2 amide bonds. The molecule has 0 spiro atoms. The van der Waals surface area contributed by atoms with Gasteiger partial charge in [0.1, 0.15) is 5.75 Å². The summed E-state index contributed by atoms with van der Waals surface area (Å²) in [5.41, 5.74) is 6.05. The maximum Gasteiger partial charge on any atom is 0.255 e. The van der Waals surface area contributed by atoms with Gasteiger partial charge in [-0.2, -0.15) is 0 Å². The van der Waals surface area contributed by atoms with E-state index in [1.54, 1.807) is 14.0 Å². The minimum Gasteiger partial charge on any atom is -0.497 e. The van der Waals surface area contributed by atoms with Gasteiger partial charge in [-0.15, -0.1) is 0 Å². The van der Waals surface area contributed by atoms with Crippen LogP contribution in [0, 0.1) is 0 Å². The highest BCUT2D eigenvalue weighted by atomic mass is 16.5. The van der Waals surface area contributed by atoms with Crippen LogP contribution in [-0.2, 0) is 4.79 Å². The van der Waals surface area contributed by atoms with E-state index in [1.165, 1.54) is 0 Å². The van der Waals surface area contributed by atoms with E-state index in [2.05, 4.69) is 38.2 Å². The van der Waals surface area contributed by atoms with Gasteiger partial charge >= 0.3 is 0 Å². The van der Waals surface area contributed by atoms with E-state index < -0.39 is 5.54 Å². The topological polar surface area (TPSA) is 58.6 Å². The Morgan fingerprint density at radius 3 is 2.10 bits per heavy atom. The standard InChI is InChI=1S/C34H34N2O3/c1-22-30-21-28(35-33(38)27-13-11-25(12-14-27)24-9-7-6-8-10-24)17-20-31(30)36(23(2)37)34(3,4)32(22)26-15-18-29(39-5)19-16-26/h6-22,32H,1-5H3,(H,35,38). The van der Waals surface area contributed by atoms with E-state index in [0.717, 1.165) is 33.7 Å². The molecule has 1 N–H and O–H groups in total. The van der Waals surface area contributed by atoms with Crippen molar-refractivity contribution in [3.05, 3.63) is 114 Å². The Morgan fingerprint density at radius 1 is 0.846 bits per heavy atom. The zero-order valence-corrected chi connectivity index (χ0v) is 23.1. The maximum atomic E-state index is 13.1. The smallest absolute Gasteiger partial charge is 0.255 e. The van der Waals surface area contributed by atoms with Crippen molar-refractivity contribution in [1.29, 1.82) is 0 Å². The van der Waals surface area contributed by atoms with Gasteiger partial charge in [0.25, 0.3) is 5.91 Å². The summed E-state index contributed by atoms with van der Waals surface area (Å²) in [6, 6.07) is 31.6. The quantitative estimate of drug-likeness (QED) is 0.295. The van der Waals surface area contributed by atoms with Crippen LogP contribution < -0.4 is 15.0 Å². The van der Waals surface area contributed by atoms with Gasteiger partial charge in [0.05, 0.1) is 7.11 Å². The molecule has 0 fully saturated rings. The molecule has 1 aliphatic rings. The average Bonchev–Trinajstić information content (AvgIpc) is 2.94. The van der Waals surface area contributed by atoms with Crippen LogP contribution >= 0.6 is 0 Å². The van der Waals surface area contributed by atoms with Crippen LogP contribution in [-0.4, -0.2) is 24.5 Å². The van der Waals surface area contributed by atoms with Crippen molar-refractivity contribution in [3.8, 4) is 16.9 Å². The molecule has 5 rings (SSSR count). The molecular formula is C34H34N2O3. The second-order valence-electron chi connectivity index (χ2n) is 10.7. The number of benzene rings is 4. The van der Waals surface area contributed by atoms with Gasteiger partial charge in [-0.25, -0.2) is 0 Å². The predicted molar refractivity (Wildman–Crippen MR) is 158 cm³/mol. The zero-order valence-electron chi connectivity index (χ0n) is 23.1. The average molecular weight is 519 g/mol. The van der Waals surface area contributed by atoms with Gasteiger partial charge in [-0.1, -0.05) is 61.5 Å². The van der Waals surface area contributed by atoms with Gasteiger partial charge in [-0.3, -0.25) is 9.59 Å². The third-order valence-electron chi connectivity index (χ3n) is 7.90. The Hall–Kier alpha value is -4.38. The van der Waals surface area contributed by atoms with E-state index in [-0.39, 0.29) is 23.7 Å². The number of anilines is 2. The Morgan fingerprint density at radius 2 is 1.49 bits per heavy atom. The Balaban J connectivity index is 1.45. The third kappa shape index (κ3) is 4.92. The number of nitrogens with one attached hydrogen (secondary N) is 1. The second kappa shape index (κ2) is 10.4. The van der Waals surface area contributed by atoms with Gasteiger partial charge in [0, 0.05) is 35.3 Å². The van der Waals surface area contributed by atoms with E-state index in [9.17, 15) is 9.59 Å². The molecule has 2 atom stereocenters. The number of amides is 2. The molecule has 0 radical (unpaired) electrons. The number of ether oxygens (including phenoxy) is 1. The summed E-state index contributed by atoms with van der Waals surface area (Å²) in [6.07, 6.45) is 0. The summed E-state index contributed by atoms with van der Waals surface area (Å²) >= 11 is 0. The van der Waals surface area contributed by atoms with Crippen LogP contribution in [0.3, 0.4) is 0 Å². The Bertz CT molecular complexity index is 1490. The molecule has 2 unspecified atom stereocenters. The van der Waals surface area contributed by atoms with Gasteiger partial charge in [-0.05, 0) is 84.5 Å². The highest BCUT2D eigenvalue weighted by molar-refractivity contribution is 6.05. The maximum absolute atomic E-state index is 13.1. The van der Waals surface area contributed by atoms with E-state index >= 15 is 0 Å². The lowest BCUT2D eigenvalue weighted by molar-refractivity contribution is -0.118. The molecule has 0 saturated heterocycles. The van der Waals surface area contributed by atoms with Gasteiger partial charge in [0.2, 0.25) is 5.91 Å². The molecule has 5 heteroatoms. The molecule has 1 aliphatic heterocycles. The molecule has 0 saturated carbocycles. The first-order chi connectivity index (χ1) is 18.7. The fourth-order valence-electron chi connectivity index (χ4n) is 6.17. The minimum atomic E-state index is -0.460. The number of carbonyl (C=O) groups is 2. The zero-order chi connectivity index (χ0) is 27.7. The summed E-state index contributed by atoms with van der Waals surface area (Å²) in [5.74, 6) is 0.748. The van der Waals surface area contributed by atoms with Crippen molar-refractivity contribution in [2.45, 2.75) is 45.1 Å². The highest BCUT2D eigenvalue weighted by Crippen LogP contribution is 2.52. The van der Waals surface area contributed by atoms with Crippen LogP contribution in [0.1, 0.15) is 61.0 Å². The molecule has 4 aromatic rings. The third-order valence-corrected chi connectivity index (χ3v) is 7.90. The monoisotopic (exact) mass is 518 g/mol. The Kier molecular flexibility index (Phi) is 7.00. The Labute approximate surface area is 230 Å². The summed E-state index contributed by atoms with van der Waals surface area (Å²) < 4.78 is 5.36. The lowest BCUT2D eigenvalue weighted by Gasteiger charge is -2.51. The first kappa shape index (κ1) is 26.2. The SMILES string of the molecule is COc1ccc(C2C(C)c3cc(NC(=O)c4ccc(-c5ccccc5)cc4)ccc3N(C(C)=O)C2(C)C)cc1. The van der Waals surface area contributed by atoms with Gasteiger partial charge < -0.3 is 15.0 Å². The number of nitrogens with zero attached hydrogens (tertiary/aromatic N) is 1.